The van der Waals surface area contributed by atoms with Gasteiger partial charge in [-0.25, -0.2) is 0 Å². The SMILES string of the molecule is C=C(C(C)=O)C(=O)C(=CC(=O)CC(=O)O)CC. The first kappa shape index (κ1) is 15.0. The Balaban J connectivity index is 4.96. The van der Waals surface area contributed by atoms with E-state index in [0.717, 1.165) is 6.08 Å². The number of Topliss-reactive ketones (excluding diaryl/α,β-unsaturated/α-hetero) is 2. The van der Waals surface area contributed by atoms with E-state index in [2.05, 4.69) is 6.58 Å². The molecule has 0 heterocycles. The minimum atomic E-state index is -1.26. The van der Waals surface area contributed by atoms with Gasteiger partial charge >= 0.3 is 5.97 Å². The van der Waals surface area contributed by atoms with Gasteiger partial charge in [0.2, 0.25) is 0 Å². The van der Waals surface area contributed by atoms with Gasteiger partial charge in [-0.2, -0.15) is 0 Å². The third kappa shape index (κ3) is 5.01. The zero-order valence-electron chi connectivity index (χ0n) is 9.78. The fourth-order valence-corrected chi connectivity index (χ4v) is 1.08. The van der Waals surface area contributed by atoms with E-state index in [0.29, 0.717) is 0 Å². The summed E-state index contributed by atoms with van der Waals surface area (Å²) in [5.41, 5.74) is -0.113. The van der Waals surface area contributed by atoms with E-state index < -0.39 is 29.7 Å². The van der Waals surface area contributed by atoms with Crippen molar-refractivity contribution in [2.75, 3.05) is 0 Å². The van der Waals surface area contributed by atoms with Crippen LogP contribution in [0.5, 0.6) is 0 Å². The van der Waals surface area contributed by atoms with Gasteiger partial charge in [-0.3, -0.25) is 19.2 Å². The highest BCUT2D eigenvalue weighted by molar-refractivity contribution is 6.26. The molecule has 0 amide bonds. The van der Waals surface area contributed by atoms with Crippen LogP contribution in [0.15, 0.2) is 23.8 Å². The Morgan fingerprint density at radius 3 is 2.12 bits per heavy atom. The molecule has 0 spiro atoms. The second-order valence-corrected chi connectivity index (χ2v) is 3.42. The first-order valence-electron chi connectivity index (χ1n) is 4.99. The maximum Gasteiger partial charge on any atom is 0.311 e. The number of carbonyl (C=O) groups excluding carboxylic acids is 3. The molecule has 0 unspecified atom stereocenters. The summed E-state index contributed by atoms with van der Waals surface area (Å²) in [6.07, 6.45) is 0.518. The molecular weight excluding hydrogens is 224 g/mol. The van der Waals surface area contributed by atoms with Crippen LogP contribution in [-0.4, -0.2) is 28.4 Å². The van der Waals surface area contributed by atoms with Crippen LogP contribution in [0.1, 0.15) is 26.7 Å². The van der Waals surface area contributed by atoms with Crippen molar-refractivity contribution in [2.24, 2.45) is 0 Å². The average Bonchev–Trinajstić information content (AvgIpc) is 2.22. The average molecular weight is 238 g/mol. The van der Waals surface area contributed by atoms with Crippen LogP contribution < -0.4 is 0 Å². The van der Waals surface area contributed by atoms with Crippen molar-refractivity contribution in [3.8, 4) is 0 Å². The third-order valence-electron chi connectivity index (χ3n) is 2.03. The van der Waals surface area contributed by atoms with Crippen LogP contribution >= 0.6 is 0 Å². The number of aliphatic carboxylic acids is 1. The molecule has 0 aliphatic rings. The van der Waals surface area contributed by atoms with E-state index in [1.807, 2.05) is 0 Å². The fourth-order valence-electron chi connectivity index (χ4n) is 1.08. The molecular formula is C12H14O5. The topological polar surface area (TPSA) is 88.5 Å². The second-order valence-electron chi connectivity index (χ2n) is 3.42. The lowest BCUT2D eigenvalue weighted by molar-refractivity contribution is -0.139. The molecule has 0 atom stereocenters. The number of hydrogen-bond donors (Lipinski definition) is 1. The van der Waals surface area contributed by atoms with Crippen molar-refractivity contribution in [1.29, 1.82) is 0 Å². The van der Waals surface area contributed by atoms with Gasteiger partial charge in [-0.15, -0.1) is 0 Å². The van der Waals surface area contributed by atoms with Crippen molar-refractivity contribution in [3.05, 3.63) is 23.8 Å². The molecule has 0 aliphatic carbocycles. The molecule has 0 aromatic carbocycles. The summed E-state index contributed by atoms with van der Waals surface area (Å²) in [6, 6.07) is 0. The summed E-state index contributed by atoms with van der Waals surface area (Å²) in [7, 11) is 0. The lowest BCUT2D eigenvalue weighted by Crippen LogP contribution is -2.13. The largest absolute Gasteiger partial charge is 0.481 e. The van der Waals surface area contributed by atoms with Gasteiger partial charge in [0.25, 0.3) is 0 Å². The van der Waals surface area contributed by atoms with Gasteiger partial charge < -0.3 is 5.11 Å². The first-order chi connectivity index (χ1) is 7.79. The molecule has 0 saturated heterocycles. The van der Waals surface area contributed by atoms with E-state index >= 15 is 0 Å². The number of carbonyl (C=O) groups is 4. The van der Waals surface area contributed by atoms with Crippen molar-refractivity contribution < 1.29 is 24.3 Å². The number of hydrogen-bond acceptors (Lipinski definition) is 4. The Bertz CT molecular complexity index is 415. The quantitative estimate of drug-likeness (QED) is 0.407. The molecule has 0 aliphatic heterocycles. The number of rotatable bonds is 7. The Labute approximate surface area is 98.8 Å². The molecule has 92 valence electrons. The normalized spacial score (nSPS) is 10.8. The smallest absolute Gasteiger partial charge is 0.311 e. The summed E-state index contributed by atoms with van der Waals surface area (Å²) in [6.45, 7) is 6.15. The van der Waals surface area contributed by atoms with E-state index in [4.69, 9.17) is 5.11 Å². The number of ketones is 3. The molecule has 0 radical (unpaired) electrons. The Morgan fingerprint density at radius 1 is 1.24 bits per heavy atom. The predicted octanol–water partition coefficient (Wildman–Crippen LogP) is 1.08. The van der Waals surface area contributed by atoms with Crippen molar-refractivity contribution in [3.63, 3.8) is 0 Å². The molecule has 5 nitrogen and oxygen atoms in total. The van der Waals surface area contributed by atoms with Gasteiger partial charge in [0.15, 0.2) is 17.3 Å². The fraction of sp³-hybridized carbons (Fsp3) is 0.333. The van der Waals surface area contributed by atoms with Crippen LogP contribution in [0, 0.1) is 0 Å². The molecule has 17 heavy (non-hydrogen) atoms. The van der Waals surface area contributed by atoms with Gasteiger partial charge in [0, 0.05) is 5.57 Å². The lowest BCUT2D eigenvalue weighted by Gasteiger charge is -2.03. The number of allylic oxidation sites excluding steroid dienone is 3. The van der Waals surface area contributed by atoms with Crippen LogP contribution in [-0.2, 0) is 19.2 Å². The van der Waals surface area contributed by atoms with Crippen molar-refractivity contribution in [1.82, 2.24) is 0 Å². The zero-order chi connectivity index (χ0) is 13.6. The molecule has 0 rings (SSSR count). The minimum Gasteiger partial charge on any atom is -0.481 e. The standard InChI is InChI=1S/C12H14O5/c1-4-9(5-10(14)6-11(15)16)12(17)7(2)8(3)13/h5H,2,4,6H2,1,3H3,(H,15,16). The highest BCUT2D eigenvalue weighted by Crippen LogP contribution is 2.10. The van der Waals surface area contributed by atoms with E-state index in [-0.39, 0.29) is 17.6 Å². The monoisotopic (exact) mass is 238 g/mol. The third-order valence-corrected chi connectivity index (χ3v) is 2.03. The van der Waals surface area contributed by atoms with E-state index in [1.54, 1.807) is 6.92 Å². The summed E-state index contributed by atoms with van der Waals surface area (Å²) in [4.78, 5) is 44.1. The number of carboxylic acid groups (broad SMARTS) is 1. The first-order valence-corrected chi connectivity index (χ1v) is 4.99. The predicted molar refractivity (Wildman–Crippen MR) is 60.5 cm³/mol. The summed E-state index contributed by atoms with van der Waals surface area (Å²) in [5.74, 6) is -3.03. The van der Waals surface area contributed by atoms with E-state index in [1.165, 1.54) is 6.92 Å². The minimum absolute atomic E-state index is 0.0939. The van der Waals surface area contributed by atoms with Gasteiger partial charge in [-0.05, 0) is 19.4 Å². The highest BCUT2D eigenvalue weighted by atomic mass is 16.4. The molecule has 0 fully saturated rings. The Hall–Kier alpha value is -2.04. The lowest BCUT2D eigenvalue weighted by atomic mass is 9.98. The molecule has 0 bridgehead atoms. The summed E-state index contributed by atoms with van der Waals surface area (Å²) in [5, 5.41) is 8.40. The molecule has 1 N–H and O–H groups in total. The Kier molecular flexibility index (Phi) is 5.74. The molecule has 0 saturated carbocycles. The van der Waals surface area contributed by atoms with E-state index in [9.17, 15) is 19.2 Å². The molecule has 0 aromatic rings. The summed E-state index contributed by atoms with van der Waals surface area (Å²) < 4.78 is 0. The van der Waals surface area contributed by atoms with Gasteiger partial charge in [0.05, 0.1) is 5.57 Å². The van der Waals surface area contributed by atoms with Gasteiger partial charge in [-0.1, -0.05) is 13.5 Å². The van der Waals surface area contributed by atoms with Crippen molar-refractivity contribution in [2.45, 2.75) is 26.7 Å². The van der Waals surface area contributed by atoms with Crippen LogP contribution in [0.3, 0.4) is 0 Å². The Morgan fingerprint density at radius 2 is 1.76 bits per heavy atom. The number of carboxylic acids is 1. The second kappa shape index (κ2) is 6.52. The molecule has 0 aromatic heterocycles. The maximum atomic E-state index is 11.6. The van der Waals surface area contributed by atoms with Gasteiger partial charge in [0.1, 0.15) is 6.42 Å². The zero-order valence-corrected chi connectivity index (χ0v) is 9.78. The van der Waals surface area contributed by atoms with Crippen LogP contribution in [0.25, 0.3) is 0 Å². The molecule has 5 heteroatoms. The highest BCUT2D eigenvalue weighted by Gasteiger charge is 2.17. The van der Waals surface area contributed by atoms with Crippen molar-refractivity contribution >= 4 is 23.3 Å². The van der Waals surface area contributed by atoms with Crippen LogP contribution in [0.4, 0.5) is 0 Å². The van der Waals surface area contributed by atoms with Crippen LogP contribution in [0.2, 0.25) is 0 Å². The maximum absolute atomic E-state index is 11.6. The summed E-state index contributed by atoms with van der Waals surface area (Å²) >= 11 is 0.